The summed E-state index contributed by atoms with van der Waals surface area (Å²) in [4.78, 5) is 33.9. The highest BCUT2D eigenvalue weighted by Crippen LogP contribution is 2.36. The minimum Gasteiger partial charge on any atom is -0.308 e. The normalized spacial score (nSPS) is 15.8. The molecule has 0 aliphatic carbocycles. The Morgan fingerprint density at radius 3 is 2.67 bits per heavy atom. The highest BCUT2D eigenvalue weighted by Gasteiger charge is 2.35. The van der Waals surface area contributed by atoms with Gasteiger partial charge in [-0.25, -0.2) is 14.2 Å². The Balaban J connectivity index is 1.62. The van der Waals surface area contributed by atoms with Gasteiger partial charge in [0.2, 0.25) is 0 Å². The first-order valence-corrected chi connectivity index (χ1v) is 12.4. The number of halogens is 1. The number of carbonyl (C=O) groups excluding carboxylic acids is 1. The first kappa shape index (κ1) is 23.7. The lowest BCUT2D eigenvalue weighted by Gasteiger charge is -2.39. The van der Waals surface area contributed by atoms with E-state index in [1.54, 1.807) is 9.47 Å². The number of hydrogen-bond donors (Lipinski definition) is 1. The van der Waals surface area contributed by atoms with E-state index in [1.807, 2.05) is 61.5 Å². The van der Waals surface area contributed by atoms with E-state index in [0.29, 0.717) is 30.7 Å². The molecule has 2 amide bonds. The maximum atomic E-state index is 13.9. The Labute approximate surface area is 209 Å². The Morgan fingerprint density at radius 2 is 1.89 bits per heavy atom. The lowest BCUT2D eigenvalue weighted by Crippen LogP contribution is -2.44. The van der Waals surface area contributed by atoms with Crippen LogP contribution in [0.2, 0.25) is 0 Å². The first-order chi connectivity index (χ1) is 17.5. The fourth-order valence-electron chi connectivity index (χ4n) is 5.13. The average molecular weight is 485 g/mol. The summed E-state index contributed by atoms with van der Waals surface area (Å²) in [7, 11) is 0. The highest BCUT2D eigenvalue weighted by atomic mass is 19.1. The van der Waals surface area contributed by atoms with Crippen LogP contribution in [0.3, 0.4) is 0 Å². The number of hydrogen-bond acceptors (Lipinski definition) is 3. The van der Waals surface area contributed by atoms with Crippen LogP contribution in [0.1, 0.15) is 55.7 Å². The number of nitrogens with zero attached hydrogens (tertiary/aromatic N) is 3. The van der Waals surface area contributed by atoms with E-state index in [-0.39, 0.29) is 23.0 Å². The number of rotatable bonds is 5. The van der Waals surface area contributed by atoms with Gasteiger partial charge in [-0.2, -0.15) is 0 Å². The van der Waals surface area contributed by atoms with E-state index < -0.39 is 11.9 Å². The molecule has 0 fully saturated rings. The molecule has 36 heavy (non-hydrogen) atoms. The topological polar surface area (TPSA) is 67.2 Å². The molecule has 1 N–H and O–H groups in total. The molecular formula is C29H29FN4O2. The van der Waals surface area contributed by atoms with Crippen molar-refractivity contribution in [2.45, 2.75) is 51.7 Å². The number of para-hydroxylation sites is 1. The van der Waals surface area contributed by atoms with Crippen molar-refractivity contribution in [1.82, 2.24) is 14.5 Å². The number of anilines is 1. The van der Waals surface area contributed by atoms with Gasteiger partial charge >= 0.3 is 6.03 Å². The summed E-state index contributed by atoms with van der Waals surface area (Å²) in [5.74, 6) is 0.0645. The smallest absolute Gasteiger partial charge is 0.308 e. The zero-order chi connectivity index (χ0) is 25.2. The van der Waals surface area contributed by atoms with Gasteiger partial charge in [0.1, 0.15) is 11.6 Å². The molecule has 0 bridgehead atoms. The summed E-state index contributed by atoms with van der Waals surface area (Å²) in [6.07, 6.45) is 2.16. The number of aryl methyl sites for hydroxylation is 1. The van der Waals surface area contributed by atoms with Crippen LogP contribution in [-0.4, -0.2) is 20.5 Å². The maximum Gasteiger partial charge on any atom is 0.322 e. The second kappa shape index (κ2) is 9.93. The molecule has 1 aliphatic heterocycles. The molecule has 1 aromatic heterocycles. The van der Waals surface area contributed by atoms with Crippen molar-refractivity contribution in [3.05, 3.63) is 106 Å². The van der Waals surface area contributed by atoms with E-state index in [4.69, 9.17) is 4.98 Å². The van der Waals surface area contributed by atoms with Crippen LogP contribution >= 0.6 is 0 Å². The van der Waals surface area contributed by atoms with Gasteiger partial charge in [-0.15, -0.1) is 0 Å². The van der Waals surface area contributed by atoms with Gasteiger partial charge in [-0.1, -0.05) is 55.5 Å². The molecule has 0 radical (unpaired) electrons. The fourth-order valence-corrected chi connectivity index (χ4v) is 5.13. The van der Waals surface area contributed by atoms with Crippen molar-refractivity contribution in [2.24, 2.45) is 0 Å². The monoisotopic (exact) mass is 484 g/mol. The standard InChI is InChI=1S/C29H29FN4O2/c1-3-20-10-7-8-13-24(20)32-29(36)34(19(2)21-11-5-4-6-12-21)26-14-9-17-33-27(26)31-25-16-15-22(30)18-23(25)28(33)35/h4-8,10-13,15-16,18-19,26H,3,9,14,17H2,1-2H3,(H,32,36). The van der Waals surface area contributed by atoms with E-state index >= 15 is 0 Å². The molecular weight excluding hydrogens is 455 g/mol. The van der Waals surface area contributed by atoms with E-state index in [0.717, 1.165) is 23.2 Å². The SMILES string of the molecule is CCc1ccccc1NC(=O)N(C(C)c1ccccc1)C1CCCn2c1nc1ccc(F)cc1c2=O. The molecule has 7 heteroatoms. The van der Waals surface area contributed by atoms with E-state index in [1.165, 1.54) is 18.2 Å². The number of aromatic nitrogens is 2. The second-order valence-electron chi connectivity index (χ2n) is 9.18. The lowest BCUT2D eigenvalue weighted by molar-refractivity contribution is 0.140. The Morgan fingerprint density at radius 1 is 1.14 bits per heavy atom. The molecule has 0 saturated carbocycles. The second-order valence-corrected chi connectivity index (χ2v) is 9.18. The number of amides is 2. The molecule has 1 aliphatic rings. The molecule has 2 heterocycles. The molecule has 6 nitrogen and oxygen atoms in total. The van der Waals surface area contributed by atoms with Gasteiger partial charge in [-0.3, -0.25) is 9.36 Å². The number of fused-ring (bicyclic) bond motifs is 2. The van der Waals surface area contributed by atoms with Crippen LogP contribution in [0.25, 0.3) is 10.9 Å². The van der Waals surface area contributed by atoms with Crippen LogP contribution < -0.4 is 10.9 Å². The quantitative estimate of drug-likeness (QED) is 0.365. The third-order valence-corrected chi connectivity index (χ3v) is 7.01. The number of nitrogens with one attached hydrogen (secondary N) is 1. The Bertz CT molecular complexity index is 1470. The van der Waals surface area contributed by atoms with Crippen molar-refractivity contribution in [3.8, 4) is 0 Å². The minimum atomic E-state index is -0.470. The largest absolute Gasteiger partial charge is 0.322 e. The van der Waals surface area contributed by atoms with Crippen molar-refractivity contribution < 1.29 is 9.18 Å². The molecule has 184 valence electrons. The molecule has 3 aromatic carbocycles. The summed E-state index contributed by atoms with van der Waals surface area (Å²) in [5.41, 5.74) is 2.96. The summed E-state index contributed by atoms with van der Waals surface area (Å²) in [5, 5.41) is 3.37. The van der Waals surface area contributed by atoms with Gasteiger partial charge in [0, 0.05) is 12.2 Å². The van der Waals surface area contributed by atoms with Gasteiger partial charge in [-0.05, 0) is 61.6 Å². The summed E-state index contributed by atoms with van der Waals surface area (Å²) in [6, 6.07) is 20.7. The van der Waals surface area contributed by atoms with E-state index in [2.05, 4.69) is 12.2 Å². The molecule has 0 saturated heterocycles. The third-order valence-electron chi connectivity index (χ3n) is 7.01. The fraction of sp³-hybridized carbons (Fsp3) is 0.276. The summed E-state index contributed by atoms with van der Waals surface area (Å²) in [6.45, 7) is 4.53. The summed E-state index contributed by atoms with van der Waals surface area (Å²) < 4.78 is 15.5. The first-order valence-electron chi connectivity index (χ1n) is 12.4. The van der Waals surface area contributed by atoms with Crippen LogP contribution in [0.15, 0.2) is 77.6 Å². The van der Waals surface area contributed by atoms with Gasteiger partial charge in [0.05, 0.1) is 23.0 Å². The zero-order valence-electron chi connectivity index (χ0n) is 20.4. The van der Waals surface area contributed by atoms with Gasteiger partial charge < -0.3 is 10.2 Å². The molecule has 2 unspecified atom stereocenters. The van der Waals surface area contributed by atoms with Gasteiger partial charge in [0.15, 0.2) is 0 Å². The van der Waals surface area contributed by atoms with Crippen LogP contribution in [0.5, 0.6) is 0 Å². The maximum absolute atomic E-state index is 13.9. The highest BCUT2D eigenvalue weighted by molar-refractivity contribution is 5.91. The van der Waals surface area contributed by atoms with Crippen molar-refractivity contribution in [2.75, 3.05) is 5.32 Å². The molecule has 0 spiro atoms. The zero-order valence-corrected chi connectivity index (χ0v) is 20.4. The molecule has 2 atom stereocenters. The van der Waals surface area contributed by atoms with Crippen LogP contribution in [-0.2, 0) is 13.0 Å². The van der Waals surface area contributed by atoms with Crippen molar-refractivity contribution >= 4 is 22.6 Å². The Hall–Kier alpha value is -4.00. The number of urea groups is 1. The van der Waals surface area contributed by atoms with Crippen LogP contribution in [0, 0.1) is 5.82 Å². The lowest BCUT2D eigenvalue weighted by atomic mass is 9.99. The van der Waals surface area contributed by atoms with Crippen LogP contribution in [0.4, 0.5) is 14.9 Å². The average Bonchev–Trinajstić information content (AvgIpc) is 2.90. The Kier molecular flexibility index (Phi) is 6.55. The van der Waals surface area contributed by atoms with E-state index in [9.17, 15) is 14.0 Å². The van der Waals surface area contributed by atoms with Gasteiger partial charge in [0.25, 0.3) is 5.56 Å². The molecule has 4 aromatic rings. The van der Waals surface area contributed by atoms with Crippen molar-refractivity contribution in [3.63, 3.8) is 0 Å². The molecule has 5 rings (SSSR count). The summed E-state index contributed by atoms with van der Waals surface area (Å²) >= 11 is 0. The van der Waals surface area contributed by atoms with Crippen molar-refractivity contribution in [1.29, 1.82) is 0 Å². The number of carbonyl (C=O) groups is 1. The minimum absolute atomic E-state index is 0.251. The number of benzene rings is 3. The predicted molar refractivity (Wildman–Crippen MR) is 139 cm³/mol. The third kappa shape index (κ3) is 4.37. The predicted octanol–water partition coefficient (Wildman–Crippen LogP) is 6.23.